The highest BCUT2D eigenvalue weighted by molar-refractivity contribution is 5.81. The summed E-state index contributed by atoms with van der Waals surface area (Å²) in [5.74, 6) is -0.308. The molecule has 1 atom stereocenters. The third kappa shape index (κ3) is 5.48. The number of carbonyl (C=O) groups excluding carboxylic acids is 1. The molecule has 116 valence electrons. The van der Waals surface area contributed by atoms with Crippen molar-refractivity contribution in [1.82, 2.24) is 10.2 Å². The Hall–Kier alpha value is -1.39. The zero-order chi connectivity index (χ0) is 14.9. The van der Waals surface area contributed by atoms with Gasteiger partial charge in [0.15, 0.2) is 6.10 Å². The summed E-state index contributed by atoms with van der Waals surface area (Å²) in [6, 6.07) is 9.05. The van der Waals surface area contributed by atoms with Gasteiger partial charge in [-0.05, 0) is 44.5 Å². The number of nitrogens with one attached hydrogen (secondary N) is 1. The van der Waals surface area contributed by atoms with Crippen molar-refractivity contribution in [2.45, 2.75) is 38.2 Å². The molecule has 2 rings (SSSR count). The molecule has 0 saturated carbocycles. The predicted molar refractivity (Wildman–Crippen MR) is 83.9 cm³/mol. The van der Waals surface area contributed by atoms with Crippen molar-refractivity contribution < 1.29 is 9.90 Å². The van der Waals surface area contributed by atoms with Crippen molar-refractivity contribution in [1.29, 1.82) is 0 Å². The number of benzene rings is 1. The predicted octanol–water partition coefficient (Wildman–Crippen LogP) is 2.10. The van der Waals surface area contributed by atoms with E-state index in [1.165, 1.54) is 38.8 Å². The smallest absolute Gasteiger partial charge is 0.253 e. The van der Waals surface area contributed by atoms with Crippen molar-refractivity contribution in [3.8, 4) is 0 Å². The first-order valence-corrected chi connectivity index (χ1v) is 8.00. The Morgan fingerprint density at radius 3 is 2.48 bits per heavy atom. The molecule has 1 aliphatic rings. The fourth-order valence-electron chi connectivity index (χ4n) is 2.76. The Kier molecular flexibility index (Phi) is 6.70. The number of hydrogen-bond donors (Lipinski definition) is 2. The first kappa shape index (κ1) is 16.0. The third-order valence-electron chi connectivity index (χ3n) is 4.01. The molecule has 1 amide bonds. The molecule has 21 heavy (non-hydrogen) atoms. The van der Waals surface area contributed by atoms with Crippen molar-refractivity contribution >= 4 is 5.91 Å². The second-order valence-electron chi connectivity index (χ2n) is 5.71. The molecule has 0 spiro atoms. The van der Waals surface area contributed by atoms with E-state index in [0.29, 0.717) is 12.1 Å². The molecule has 1 unspecified atom stereocenters. The fourth-order valence-corrected chi connectivity index (χ4v) is 2.76. The highest BCUT2D eigenvalue weighted by Gasteiger charge is 2.16. The van der Waals surface area contributed by atoms with E-state index in [1.54, 1.807) is 12.1 Å². The van der Waals surface area contributed by atoms with E-state index in [-0.39, 0.29) is 5.91 Å². The van der Waals surface area contributed by atoms with Gasteiger partial charge in [0.25, 0.3) is 5.91 Å². The largest absolute Gasteiger partial charge is 0.378 e. The first-order valence-electron chi connectivity index (χ1n) is 8.00. The first-order chi connectivity index (χ1) is 10.3. The zero-order valence-electron chi connectivity index (χ0n) is 12.6. The van der Waals surface area contributed by atoms with E-state index in [1.807, 2.05) is 18.2 Å². The van der Waals surface area contributed by atoms with Crippen LogP contribution in [0.25, 0.3) is 0 Å². The molecule has 0 aromatic heterocycles. The molecule has 4 nitrogen and oxygen atoms in total. The van der Waals surface area contributed by atoms with Crippen LogP contribution in [0.15, 0.2) is 30.3 Å². The van der Waals surface area contributed by atoms with Crippen LogP contribution < -0.4 is 5.32 Å². The van der Waals surface area contributed by atoms with Gasteiger partial charge >= 0.3 is 0 Å². The van der Waals surface area contributed by atoms with Gasteiger partial charge in [-0.2, -0.15) is 0 Å². The van der Waals surface area contributed by atoms with Crippen LogP contribution in [0.1, 0.15) is 43.8 Å². The molecular weight excluding hydrogens is 264 g/mol. The van der Waals surface area contributed by atoms with E-state index < -0.39 is 6.10 Å². The van der Waals surface area contributed by atoms with Crippen molar-refractivity contribution in [2.75, 3.05) is 26.2 Å². The quantitative estimate of drug-likeness (QED) is 0.789. The van der Waals surface area contributed by atoms with Crippen LogP contribution in [0.3, 0.4) is 0 Å². The van der Waals surface area contributed by atoms with Gasteiger partial charge in [0.1, 0.15) is 0 Å². The summed E-state index contributed by atoms with van der Waals surface area (Å²) in [5.41, 5.74) is 0.641. The maximum Gasteiger partial charge on any atom is 0.253 e. The van der Waals surface area contributed by atoms with Crippen LogP contribution in [0.5, 0.6) is 0 Å². The number of hydrogen-bond acceptors (Lipinski definition) is 3. The van der Waals surface area contributed by atoms with Gasteiger partial charge in [0.2, 0.25) is 0 Å². The number of aliphatic hydroxyl groups excluding tert-OH is 1. The van der Waals surface area contributed by atoms with E-state index in [4.69, 9.17) is 0 Å². The van der Waals surface area contributed by atoms with E-state index in [0.717, 1.165) is 13.0 Å². The summed E-state index contributed by atoms with van der Waals surface area (Å²) in [5, 5.41) is 12.8. The SMILES string of the molecule is O=C(NCCCN1CCCCCC1)C(O)c1ccccc1. The van der Waals surface area contributed by atoms with Gasteiger partial charge in [-0.1, -0.05) is 43.2 Å². The minimum absolute atomic E-state index is 0.308. The fraction of sp³-hybridized carbons (Fsp3) is 0.588. The molecule has 2 N–H and O–H groups in total. The van der Waals surface area contributed by atoms with Gasteiger partial charge in [-0.25, -0.2) is 0 Å². The monoisotopic (exact) mass is 290 g/mol. The van der Waals surface area contributed by atoms with Gasteiger partial charge in [0.05, 0.1) is 0 Å². The lowest BCUT2D eigenvalue weighted by atomic mass is 10.1. The number of aliphatic hydroxyl groups is 1. The molecule has 0 aliphatic carbocycles. The summed E-state index contributed by atoms with van der Waals surface area (Å²) < 4.78 is 0. The molecule has 0 radical (unpaired) electrons. The number of rotatable bonds is 6. The van der Waals surface area contributed by atoms with Crippen molar-refractivity contribution in [3.05, 3.63) is 35.9 Å². The third-order valence-corrected chi connectivity index (χ3v) is 4.01. The summed E-state index contributed by atoms with van der Waals surface area (Å²) in [7, 11) is 0. The van der Waals surface area contributed by atoms with Gasteiger partial charge in [-0.3, -0.25) is 4.79 Å². The second kappa shape index (κ2) is 8.80. The average molecular weight is 290 g/mol. The maximum absolute atomic E-state index is 11.9. The lowest BCUT2D eigenvalue weighted by molar-refractivity contribution is -0.129. The van der Waals surface area contributed by atoms with E-state index in [2.05, 4.69) is 10.2 Å². The Morgan fingerprint density at radius 2 is 1.81 bits per heavy atom. The molecular formula is C17H26N2O2. The summed E-state index contributed by atoms with van der Waals surface area (Å²) in [4.78, 5) is 14.4. The molecule has 0 bridgehead atoms. The van der Waals surface area contributed by atoms with E-state index in [9.17, 15) is 9.90 Å². The topological polar surface area (TPSA) is 52.6 Å². The van der Waals surface area contributed by atoms with Gasteiger partial charge < -0.3 is 15.3 Å². The normalized spacial score (nSPS) is 18.0. The Balaban J connectivity index is 1.65. The molecule has 4 heteroatoms. The molecule has 1 fully saturated rings. The number of likely N-dealkylation sites (tertiary alicyclic amines) is 1. The number of amides is 1. The molecule has 1 aromatic carbocycles. The zero-order valence-corrected chi connectivity index (χ0v) is 12.6. The Morgan fingerprint density at radius 1 is 1.14 bits per heavy atom. The lowest BCUT2D eigenvalue weighted by Gasteiger charge is -2.19. The van der Waals surface area contributed by atoms with Crippen LogP contribution in [0.2, 0.25) is 0 Å². The maximum atomic E-state index is 11.9. The van der Waals surface area contributed by atoms with Crippen LogP contribution in [-0.4, -0.2) is 42.1 Å². The van der Waals surface area contributed by atoms with Gasteiger partial charge in [-0.15, -0.1) is 0 Å². The van der Waals surface area contributed by atoms with Crippen LogP contribution >= 0.6 is 0 Å². The van der Waals surface area contributed by atoms with Crippen LogP contribution in [0, 0.1) is 0 Å². The highest BCUT2D eigenvalue weighted by atomic mass is 16.3. The highest BCUT2D eigenvalue weighted by Crippen LogP contribution is 2.12. The Labute approximate surface area is 127 Å². The standard InChI is InChI=1S/C17H26N2O2/c20-16(15-9-4-3-5-10-15)17(21)18-11-8-14-19-12-6-1-2-7-13-19/h3-5,9-10,16,20H,1-2,6-8,11-14H2,(H,18,21). The summed E-state index contributed by atoms with van der Waals surface area (Å²) in [6.07, 6.45) is 5.14. The number of nitrogens with zero attached hydrogens (tertiary/aromatic N) is 1. The van der Waals surface area contributed by atoms with Crippen molar-refractivity contribution in [2.24, 2.45) is 0 Å². The molecule has 1 aliphatic heterocycles. The van der Waals surface area contributed by atoms with Crippen molar-refractivity contribution in [3.63, 3.8) is 0 Å². The Bertz CT molecular complexity index is 414. The lowest BCUT2D eigenvalue weighted by Crippen LogP contribution is -2.33. The average Bonchev–Trinajstić information content (AvgIpc) is 2.80. The second-order valence-corrected chi connectivity index (χ2v) is 5.71. The van der Waals surface area contributed by atoms with Crippen LogP contribution in [0.4, 0.5) is 0 Å². The van der Waals surface area contributed by atoms with Crippen LogP contribution in [-0.2, 0) is 4.79 Å². The summed E-state index contributed by atoms with van der Waals surface area (Å²) >= 11 is 0. The van der Waals surface area contributed by atoms with E-state index >= 15 is 0 Å². The minimum Gasteiger partial charge on any atom is -0.378 e. The number of carbonyl (C=O) groups is 1. The molecule has 1 saturated heterocycles. The molecule has 1 aromatic rings. The molecule has 1 heterocycles. The minimum atomic E-state index is -1.07. The van der Waals surface area contributed by atoms with Gasteiger partial charge in [0, 0.05) is 6.54 Å². The summed E-state index contributed by atoms with van der Waals surface area (Å²) in [6.45, 7) is 4.02.